The normalized spacial score (nSPS) is 14.2. The van der Waals surface area contributed by atoms with E-state index < -0.39 is 12.2 Å². The molecule has 0 radical (unpaired) electrons. The van der Waals surface area contributed by atoms with E-state index in [1.165, 1.54) is 37.6 Å². The van der Waals surface area contributed by atoms with Gasteiger partial charge in [-0.2, -0.15) is 4.98 Å². The van der Waals surface area contributed by atoms with Crippen molar-refractivity contribution in [2.75, 3.05) is 17.8 Å². The van der Waals surface area contributed by atoms with Crippen molar-refractivity contribution in [1.82, 2.24) is 15.2 Å². The third kappa shape index (κ3) is 5.31. The number of hydrogen-bond acceptors (Lipinski definition) is 9. The molecule has 11 heteroatoms. The Morgan fingerprint density at radius 3 is 2.67 bits per heavy atom. The molecule has 2 aromatic carbocycles. The first-order chi connectivity index (χ1) is 17.3. The van der Waals surface area contributed by atoms with E-state index in [2.05, 4.69) is 38.0 Å². The van der Waals surface area contributed by atoms with E-state index in [9.17, 15) is 9.59 Å². The summed E-state index contributed by atoms with van der Waals surface area (Å²) < 4.78 is 17.9. The summed E-state index contributed by atoms with van der Waals surface area (Å²) in [6, 6.07) is 10.6. The average Bonchev–Trinajstić information content (AvgIpc) is 2.99. The van der Waals surface area contributed by atoms with Gasteiger partial charge in [-0.05, 0) is 40.5 Å². The number of rotatable bonds is 7. The fraction of sp³-hybridized carbons (Fsp3) is 0.320. The number of carbonyl (C=O) groups excluding carboxylic acids is 2. The highest BCUT2D eigenvalue weighted by Gasteiger charge is 2.37. The van der Waals surface area contributed by atoms with E-state index in [1.54, 1.807) is 18.2 Å². The Hall–Kier alpha value is -3.18. The number of aromatic nitrogens is 3. The molecule has 2 heterocycles. The lowest BCUT2D eigenvalue weighted by molar-refractivity contribution is -0.132. The Morgan fingerprint density at radius 2 is 1.97 bits per heavy atom. The Labute approximate surface area is 221 Å². The van der Waals surface area contributed by atoms with Gasteiger partial charge in [-0.15, -0.1) is 10.2 Å². The van der Waals surface area contributed by atoms with Crippen molar-refractivity contribution in [3.63, 3.8) is 0 Å². The first kappa shape index (κ1) is 25.9. The van der Waals surface area contributed by atoms with Crippen molar-refractivity contribution in [1.29, 1.82) is 0 Å². The number of ether oxygens (including phenoxy) is 3. The van der Waals surface area contributed by atoms with Crippen molar-refractivity contribution < 1.29 is 23.8 Å². The summed E-state index contributed by atoms with van der Waals surface area (Å²) in [5, 5.41) is 9.19. The number of amides is 1. The van der Waals surface area contributed by atoms with Gasteiger partial charge in [0.1, 0.15) is 5.75 Å². The summed E-state index contributed by atoms with van der Waals surface area (Å²) in [5.41, 5.74) is 2.01. The summed E-state index contributed by atoms with van der Waals surface area (Å²) in [4.78, 5) is 31.2. The lowest BCUT2D eigenvalue weighted by Gasteiger charge is -2.31. The van der Waals surface area contributed by atoms with E-state index in [0.717, 1.165) is 18.6 Å². The minimum Gasteiger partial charge on any atom is -0.497 e. The molecule has 0 fully saturated rings. The number of methoxy groups -OCH3 is 1. The van der Waals surface area contributed by atoms with Crippen LogP contribution in [0, 0.1) is 0 Å². The van der Waals surface area contributed by atoms with Crippen LogP contribution in [0.2, 0.25) is 0 Å². The molecule has 0 saturated heterocycles. The van der Waals surface area contributed by atoms with E-state index in [4.69, 9.17) is 14.2 Å². The predicted molar refractivity (Wildman–Crippen MR) is 139 cm³/mol. The molecule has 0 saturated carbocycles. The van der Waals surface area contributed by atoms with Crippen LogP contribution in [0.4, 0.5) is 5.69 Å². The Kier molecular flexibility index (Phi) is 8.10. The standard InChI is InChI=1S/C25H25BrN4O5S/c1-5-6-11-36-25-27-23-21(28-29-25)17-9-7-8-10-20(17)30(14(2)31)24(35-23)18-12-16(33-4)13-19(26)22(18)34-15(3)32/h7-10,12-13,24H,5-6,11H2,1-4H3/t24-/m1/s1. The van der Waals surface area contributed by atoms with Crippen LogP contribution in [0.25, 0.3) is 11.3 Å². The smallest absolute Gasteiger partial charge is 0.308 e. The highest BCUT2D eigenvalue weighted by Crippen LogP contribution is 2.47. The van der Waals surface area contributed by atoms with Crippen molar-refractivity contribution >= 4 is 45.3 Å². The number of unbranched alkanes of at least 4 members (excludes halogenated alkanes) is 1. The fourth-order valence-electron chi connectivity index (χ4n) is 3.77. The lowest BCUT2D eigenvalue weighted by Crippen LogP contribution is -2.36. The van der Waals surface area contributed by atoms with Crippen LogP contribution in [-0.2, 0) is 9.59 Å². The number of halogens is 1. The van der Waals surface area contributed by atoms with Gasteiger partial charge in [-0.1, -0.05) is 43.3 Å². The van der Waals surface area contributed by atoms with Gasteiger partial charge >= 0.3 is 5.97 Å². The van der Waals surface area contributed by atoms with Gasteiger partial charge in [0, 0.05) is 25.2 Å². The van der Waals surface area contributed by atoms with Gasteiger partial charge in [0.05, 0.1) is 22.8 Å². The fourth-order valence-corrected chi connectivity index (χ4v) is 5.16. The first-order valence-corrected chi connectivity index (χ1v) is 13.1. The van der Waals surface area contributed by atoms with Gasteiger partial charge in [0.2, 0.25) is 23.2 Å². The van der Waals surface area contributed by atoms with Crippen LogP contribution >= 0.6 is 27.7 Å². The second-order valence-corrected chi connectivity index (χ2v) is 9.86. The van der Waals surface area contributed by atoms with E-state index in [-0.39, 0.29) is 17.5 Å². The molecule has 1 aromatic heterocycles. The molecule has 0 unspecified atom stereocenters. The summed E-state index contributed by atoms with van der Waals surface area (Å²) in [6.45, 7) is 4.86. The maximum atomic E-state index is 13.1. The van der Waals surface area contributed by atoms with Gasteiger partial charge in [-0.25, -0.2) is 0 Å². The number of thioether (sulfide) groups is 1. The van der Waals surface area contributed by atoms with Gasteiger partial charge in [0.25, 0.3) is 0 Å². The summed E-state index contributed by atoms with van der Waals surface area (Å²) in [7, 11) is 1.52. The van der Waals surface area contributed by atoms with E-state index in [0.29, 0.717) is 37.9 Å². The number of fused-ring (bicyclic) bond motifs is 3. The number of nitrogens with zero attached hydrogens (tertiary/aromatic N) is 4. The van der Waals surface area contributed by atoms with Gasteiger partial charge < -0.3 is 14.2 Å². The van der Waals surface area contributed by atoms with Crippen LogP contribution in [0.5, 0.6) is 17.4 Å². The van der Waals surface area contributed by atoms with Crippen LogP contribution in [0.1, 0.15) is 45.4 Å². The van der Waals surface area contributed by atoms with Crippen LogP contribution in [0.3, 0.4) is 0 Å². The SMILES string of the molecule is CCCCSc1nnc2c(n1)O[C@H](c1cc(OC)cc(Br)c1OC(C)=O)N(C(C)=O)c1ccccc1-2. The zero-order valence-electron chi connectivity index (χ0n) is 20.3. The molecular weight excluding hydrogens is 548 g/mol. The number of carbonyl (C=O) groups is 2. The Bertz CT molecular complexity index is 1310. The van der Waals surface area contributed by atoms with Crippen LogP contribution in [0.15, 0.2) is 46.0 Å². The second kappa shape index (κ2) is 11.3. The summed E-state index contributed by atoms with van der Waals surface area (Å²) in [5.74, 6) is 0.936. The molecule has 9 nitrogen and oxygen atoms in total. The molecule has 1 atom stereocenters. The summed E-state index contributed by atoms with van der Waals surface area (Å²) >= 11 is 4.95. The van der Waals surface area contributed by atoms with E-state index >= 15 is 0 Å². The number of para-hydroxylation sites is 1. The van der Waals surface area contributed by atoms with Crippen molar-refractivity contribution in [3.05, 3.63) is 46.4 Å². The Balaban J connectivity index is 1.94. The maximum Gasteiger partial charge on any atom is 0.308 e. The lowest BCUT2D eigenvalue weighted by atomic mass is 10.1. The van der Waals surface area contributed by atoms with Crippen molar-refractivity contribution in [3.8, 4) is 28.6 Å². The highest BCUT2D eigenvalue weighted by atomic mass is 79.9. The average molecular weight is 573 g/mol. The first-order valence-electron chi connectivity index (χ1n) is 11.3. The van der Waals surface area contributed by atoms with E-state index in [1.807, 2.05) is 18.2 Å². The maximum absolute atomic E-state index is 13.1. The van der Waals surface area contributed by atoms with Crippen molar-refractivity contribution in [2.45, 2.75) is 45.0 Å². The zero-order chi connectivity index (χ0) is 25.8. The quantitative estimate of drug-likeness (QED) is 0.155. The van der Waals surface area contributed by atoms with Crippen LogP contribution < -0.4 is 19.1 Å². The van der Waals surface area contributed by atoms with Gasteiger partial charge in [0.15, 0.2) is 11.4 Å². The topological polar surface area (TPSA) is 104 Å². The van der Waals surface area contributed by atoms with Gasteiger partial charge in [-0.3, -0.25) is 14.5 Å². The number of hydrogen-bond donors (Lipinski definition) is 0. The number of benzene rings is 2. The Morgan fingerprint density at radius 1 is 1.19 bits per heavy atom. The molecule has 0 aliphatic carbocycles. The molecule has 1 aliphatic rings. The van der Waals surface area contributed by atoms with Crippen molar-refractivity contribution in [2.24, 2.45) is 0 Å². The molecule has 1 amide bonds. The molecule has 0 spiro atoms. The number of esters is 1. The third-order valence-corrected chi connectivity index (χ3v) is 6.89. The molecule has 1 aliphatic heterocycles. The largest absolute Gasteiger partial charge is 0.497 e. The molecular formula is C25H25BrN4O5S. The molecule has 188 valence electrons. The zero-order valence-corrected chi connectivity index (χ0v) is 22.7. The number of anilines is 1. The molecule has 3 aromatic rings. The van der Waals surface area contributed by atoms with Crippen LogP contribution in [-0.4, -0.2) is 39.9 Å². The monoisotopic (exact) mass is 572 g/mol. The second-order valence-electron chi connectivity index (χ2n) is 7.95. The molecule has 4 rings (SSSR count). The minimum atomic E-state index is -1.05. The highest BCUT2D eigenvalue weighted by molar-refractivity contribution is 9.10. The summed E-state index contributed by atoms with van der Waals surface area (Å²) in [6.07, 6.45) is 1.02. The molecule has 0 N–H and O–H groups in total. The third-order valence-electron chi connectivity index (χ3n) is 5.37. The molecule has 36 heavy (non-hydrogen) atoms. The minimum absolute atomic E-state index is 0.208. The predicted octanol–water partition coefficient (Wildman–Crippen LogP) is 5.57. The molecule has 0 bridgehead atoms.